The summed E-state index contributed by atoms with van der Waals surface area (Å²) >= 11 is 0. The van der Waals surface area contributed by atoms with Gasteiger partial charge in [-0.15, -0.1) is 13.2 Å². The number of hydrogen-bond acceptors (Lipinski definition) is 7. The number of imidazole rings is 1. The fourth-order valence-electron chi connectivity index (χ4n) is 2.99. The van der Waals surface area contributed by atoms with Gasteiger partial charge in [0.2, 0.25) is 5.95 Å². The van der Waals surface area contributed by atoms with E-state index in [-0.39, 0.29) is 11.1 Å². The second kappa shape index (κ2) is 6.81. The summed E-state index contributed by atoms with van der Waals surface area (Å²) in [7, 11) is 3.52. The smallest absolute Gasteiger partial charge is 0.280 e. The molecule has 1 fully saturated rings. The monoisotopic (exact) mass is 383 g/mol. The van der Waals surface area contributed by atoms with Gasteiger partial charge in [0.1, 0.15) is 12.2 Å². The summed E-state index contributed by atoms with van der Waals surface area (Å²) < 4.78 is 7.43. The number of anilines is 1. The van der Waals surface area contributed by atoms with E-state index in [1.807, 2.05) is 0 Å². The van der Waals surface area contributed by atoms with Crippen molar-refractivity contribution in [3.63, 3.8) is 0 Å². The van der Waals surface area contributed by atoms with Gasteiger partial charge in [0.25, 0.3) is 5.56 Å². The molecule has 4 atom stereocenters. The number of aromatic nitrogens is 4. The van der Waals surface area contributed by atoms with Crippen LogP contribution in [-0.2, 0) is 4.74 Å². The third kappa shape index (κ3) is 3.57. The molecular weight excluding hydrogens is 357 g/mol. The van der Waals surface area contributed by atoms with E-state index in [9.17, 15) is 15.0 Å². The van der Waals surface area contributed by atoms with E-state index in [4.69, 9.17) is 4.74 Å². The Morgan fingerprint density at radius 1 is 1.38 bits per heavy atom. The van der Waals surface area contributed by atoms with Crippen molar-refractivity contribution in [2.75, 3.05) is 38.5 Å². The third-order valence-corrected chi connectivity index (χ3v) is 5.94. The van der Waals surface area contributed by atoms with Crippen molar-refractivity contribution in [2.24, 2.45) is 0 Å². The van der Waals surface area contributed by atoms with Crippen LogP contribution >= 0.6 is 6.89 Å². The van der Waals surface area contributed by atoms with E-state index in [1.165, 1.54) is 10.9 Å². The predicted molar refractivity (Wildman–Crippen MR) is 104 cm³/mol. The molecule has 3 heterocycles. The van der Waals surface area contributed by atoms with Crippen LogP contribution in [0.25, 0.3) is 11.2 Å². The topological polar surface area (TPSA) is 117 Å². The van der Waals surface area contributed by atoms with Crippen molar-refractivity contribution in [1.82, 2.24) is 19.5 Å². The fraction of sp³-hybridized carbons (Fsp3) is 0.625. The quantitative estimate of drug-likeness (QED) is 0.618. The molecule has 2 aromatic rings. The van der Waals surface area contributed by atoms with Gasteiger partial charge in [-0.2, -0.15) is 4.98 Å². The Morgan fingerprint density at radius 3 is 2.69 bits per heavy atom. The van der Waals surface area contributed by atoms with Crippen molar-refractivity contribution in [3.05, 3.63) is 16.7 Å². The standard InChI is InChI=1S/C16H26N5O4P/c1-20(2)16-18-13-10(14(24)19-16)17-8-21(13)15-12(23)11(22)9(25-15)6-7-26(3,4)5/h8-9,11-12,15,22-23H,3,6-7H2,1-2,4-5H3,(H,18,19,24)/t9?,11-,12-,15?/m1/s1. The molecular formula is C16H26N5O4P. The van der Waals surface area contributed by atoms with Crippen LogP contribution < -0.4 is 10.5 Å². The molecule has 1 aliphatic heterocycles. The van der Waals surface area contributed by atoms with Gasteiger partial charge in [0.15, 0.2) is 17.4 Å². The second-order valence-corrected chi connectivity index (χ2v) is 11.9. The molecule has 144 valence electrons. The zero-order valence-electron chi connectivity index (χ0n) is 15.5. The van der Waals surface area contributed by atoms with Gasteiger partial charge >= 0.3 is 0 Å². The summed E-state index contributed by atoms with van der Waals surface area (Å²) in [6.45, 7) is 2.97. The first-order chi connectivity index (χ1) is 12.1. The third-order valence-electron chi connectivity index (χ3n) is 4.47. The summed E-state index contributed by atoms with van der Waals surface area (Å²) in [5, 5.41) is 20.9. The number of nitrogens with zero attached hydrogens (tertiary/aromatic N) is 4. The van der Waals surface area contributed by atoms with Crippen LogP contribution in [0.3, 0.4) is 0 Å². The van der Waals surface area contributed by atoms with Gasteiger partial charge in [0, 0.05) is 14.1 Å². The highest BCUT2D eigenvalue weighted by Gasteiger charge is 2.44. The lowest BCUT2D eigenvalue weighted by Crippen LogP contribution is -2.32. The SMILES string of the molecule is C=P(C)(C)CCC1OC(n2cnc3c(=O)[nH]c(N(C)C)nc32)[C@H](O)[C@@H]1O. The summed E-state index contributed by atoms with van der Waals surface area (Å²) in [6, 6.07) is 0. The molecule has 9 nitrogen and oxygen atoms in total. The van der Waals surface area contributed by atoms with Crippen LogP contribution in [0.4, 0.5) is 5.95 Å². The lowest BCUT2D eigenvalue weighted by molar-refractivity contribution is -0.0353. The Bertz CT molecular complexity index is 902. The molecule has 0 amide bonds. The minimum Gasteiger partial charge on any atom is -0.388 e. The Hall–Kier alpha value is -1.67. The molecule has 1 aliphatic rings. The predicted octanol–water partition coefficient (Wildman–Crippen LogP) is -0.0959. The summed E-state index contributed by atoms with van der Waals surface area (Å²) in [6.07, 6.45) is 3.54. The summed E-state index contributed by atoms with van der Waals surface area (Å²) in [5.41, 5.74) is 0.0964. The normalized spacial score (nSPS) is 26.5. The highest BCUT2D eigenvalue weighted by Crippen LogP contribution is 2.39. The number of rotatable bonds is 5. The maximum absolute atomic E-state index is 12.2. The number of ether oxygens (including phenoxy) is 1. The molecule has 2 unspecified atom stereocenters. The highest BCUT2D eigenvalue weighted by atomic mass is 31.2. The zero-order chi connectivity index (χ0) is 19.2. The van der Waals surface area contributed by atoms with E-state index in [0.717, 1.165) is 6.16 Å². The van der Waals surface area contributed by atoms with Gasteiger partial charge in [-0.3, -0.25) is 14.3 Å². The van der Waals surface area contributed by atoms with Crippen molar-refractivity contribution >= 4 is 30.3 Å². The van der Waals surface area contributed by atoms with Gasteiger partial charge in [-0.05, 0) is 25.9 Å². The Morgan fingerprint density at radius 2 is 2.08 bits per heavy atom. The van der Waals surface area contributed by atoms with E-state index >= 15 is 0 Å². The number of nitrogens with one attached hydrogen (secondary N) is 1. The molecule has 3 N–H and O–H groups in total. The molecule has 0 saturated carbocycles. The van der Waals surface area contributed by atoms with Gasteiger partial charge in [-0.1, -0.05) is 0 Å². The zero-order valence-corrected chi connectivity index (χ0v) is 16.3. The molecule has 10 heteroatoms. The van der Waals surface area contributed by atoms with Gasteiger partial charge in [0.05, 0.1) is 12.4 Å². The van der Waals surface area contributed by atoms with Crippen LogP contribution in [0.15, 0.2) is 11.1 Å². The lowest BCUT2D eigenvalue weighted by Gasteiger charge is -2.18. The van der Waals surface area contributed by atoms with E-state index < -0.39 is 31.4 Å². The number of hydrogen-bond donors (Lipinski definition) is 3. The minimum atomic E-state index is -1.26. The molecule has 0 aliphatic carbocycles. The molecule has 0 aromatic carbocycles. The van der Waals surface area contributed by atoms with Crippen LogP contribution in [0.1, 0.15) is 12.6 Å². The minimum absolute atomic E-state index is 0.161. The van der Waals surface area contributed by atoms with Crippen molar-refractivity contribution < 1.29 is 14.9 Å². The summed E-state index contributed by atoms with van der Waals surface area (Å²) in [4.78, 5) is 25.0. The Balaban J connectivity index is 1.93. The first-order valence-electron chi connectivity index (χ1n) is 8.41. The molecule has 0 bridgehead atoms. The molecule has 1 saturated heterocycles. The Kier molecular flexibility index (Phi) is 5.00. The Labute approximate surface area is 151 Å². The van der Waals surface area contributed by atoms with E-state index in [2.05, 4.69) is 34.6 Å². The first kappa shape index (κ1) is 19.1. The van der Waals surface area contributed by atoms with Crippen molar-refractivity contribution in [3.8, 4) is 0 Å². The van der Waals surface area contributed by atoms with Crippen LogP contribution in [0.2, 0.25) is 0 Å². The highest BCUT2D eigenvalue weighted by molar-refractivity contribution is 7.72. The number of fused-ring (bicyclic) bond motifs is 1. The summed E-state index contributed by atoms with van der Waals surface area (Å²) in [5.74, 6) is 0.373. The molecule has 0 radical (unpaired) electrons. The van der Waals surface area contributed by atoms with Gasteiger partial charge in [-0.25, -0.2) is 4.98 Å². The van der Waals surface area contributed by atoms with Crippen LogP contribution in [0, 0.1) is 0 Å². The number of H-pyrrole nitrogens is 1. The molecule has 3 rings (SSSR count). The number of aliphatic hydroxyl groups excluding tert-OH is 2. The largest absolute Gasteiger partial charge is 0.388 e. The molecule has 0 spiro atoms. The van der Waals surface area contributed by atoms with E-state index in [0.29, 0.717) is 18.0 Å². The number of aliphatic hydroxyl groups is 2. The van der Waals surface area contributed by atoms with Crippen molar-refractivity contribution in [1.29, 1.82) is 0 Å². The van der Waals surface area contributed by atoms with Crippen LogP contribution in [0.5, 0.6) is 0 Å². The average molecular weight is 383 g/mol. The first-order valence-corrected chi connectivity index (χ1v) is 11.5. The molecule has 26 heavy (non-hydrogen) atoms. The lowest BCUT2D eigenvalue weighted by atomic mass is 10.1. The second-order valence-electron chi connectivity index (χ2n) is 7.60. The van der Waals surface area contributed by atoms with Crippen molar-refractivity contribution in [2.45, 2.75) is 31.0 Å². The number of aromatic amines is 1. The van der Waals surface area contributed by atoms with Crippen LogP contribution in [-0.4, -0.2) is 87.9 Å². The van der Waals surface area contributed by atoms with E-state index in [1.54, 1.807) is 19.0 Å². The fourth-order valence-corrected chi connectivity index (χ4v) is 3.94. The van der Waals surface area contributed by atoms with Gasteiger partial charge < -0.3 is 19.8 Å². The molecule has 2 aromatic heterocycles. The average Bonchev–Trinajstić information content (AvgIpc) is 3.08. The maximum Gasteiger partial charge on any atom is 0.280 e. The maximum atomic E-state index is 12.2.